The first-order chi connectivity index (χ1) is 7.94. The van der Waals surface area contributed by atoms with Crippen LogP contribution in [0.4, 0.5) is 26.3 Å². The van der Waals surface area contributed by atoms with Crippen molar-refractivity contribution >= 4 is 43.2 Å². The summed E-state index contributed by atoms with van der Waals surface area (Å²) in [6.07, 6.45) is -10.7. The Hall–Kier alpha value is 0.240. The monoisotopic (exact) mass is 418 g/mol. The smallest absolute Gasteiger partial charge is 0.170 e. The Morgan fingerprint density at radius 1 is 1.11 bits per heavy atom. The van der Waals surface area contributed by atoms with Crippen LogP contribution in [0.15, 0.2) is 10.5 Å². The van der Waals surface area contributed by atoms with Gasteiger partial charge in [-0.1, -0.05) is 15.9 Å². The van der Waals surface area contributed by atoms with E-state index in [-0.39, 0.29) is 9.35 Å². The Morgan fingerprint density at radius 3 is 1.83 bits per heavy atom. The second-order valence-corrected chi connectivity index (χ2v) is 6.66. The highest BCUT2D eigenvalue weighted by molar-refractivity contribution is 9.11. The highest BCUT2D eigenvalue weighted by Crippen LogP contribution is 2.52. The van der Waals surface area contributed by atoms with Crippen molar-refractivity contribution in [3.63, 3.8) is 0 Å². The third-order valence-electron chi connectivity index (χ3n) is 2.08. The fraction of sp³-hybridized carbons (Fsp3) is 0.556. The summed E-state index contributed by atoms with van der Waals surface area (Å²) in [5, 5.41) is 0. The summed E-state index contributed by atoms with van der Waals surface area (Å²) in [5.74, 6) is -3.43. The number of hydrogen-bond donors (Lipinski definition) is 0. The summed E-state index contributed by atoms with van der Waals surface area (Å²) in [7, 11) is 0. The predicted octanol–water partition coefficient (Wildman–Crippen LogP) is 6.00. The standard InChI is InChI=1S/C9H6Br2F6S/c1-3-2-4(10)6(18-3)5(11)7(8(12,13)14)9(15,16)17/h2,5,7H,1H3. The molecule has 1 aromatic heterocycles. The van der Waals surface area contributed by atoms with Gasteiger partial charge in [0.15, 0.2) is 5.92 Å². The van der Waals surface area contributed by atoms with Gasteiger partial charge < -0.3 is 0 Å². The highest BCUT2D eigenvalue weighted by Gasteiger charge is 2.60. The molecule has 1 atom stereocenters. The van der Waals surface area contributed by atoms with Gasteiger partial charge in [-0.15, -0.1) is 11.3 Å². The van der Waals surface area contributed by atoms with E-state index in [0.29, 0.717) is 4.88 Å². The Bertz CT molecular complexity index is 408. The predicted molar refractivity (Wildman–Crippen MR) is 64.0 cm³/mol. The third-order valence-corrected chi connectivity index (χ3v) is 5.43. The van der Waals surface area contributed by atoms with Crippen LogP contribution in [0.5, 0.6) is 0 Å². The molecule has 0 bridgehead atoms. The maximum Gasteiger partial charge on any atom is 0.401 e. The molecule has 0 aromatic carbocycles. The van der Waals surface area contributed by atoms with Crippen LogP contribution < -0.4 is 0 Å². The van der Waals surface area contributed by atoms with E-state index < -0.39 is 23.1 Å². The summed E-state index contributed by atoms with van der Waals surface area (Å²) in [6.45, 7) is 1.61. The molecule has 0 aliphatic heterocycles. The quantitative estimate of drug-likeness (QED) is 0.407. The molecule has 0 aliphatic carbocycles. The summed E-state index contributed by atoms with van der Waals surface area (Å²) in [6, 6.07) is 1.48. The van der Waals surface area contributed by atoms with E-state index in [1.54, 1.807) is 6.92 Å². The average molecular weight is 420 g/mol. The fourth-order valence-electron chi connectivity index (χ4n) is 1.36. The molecule has 0 spiro atoms. The number of alkyl halides is 7. The van der Waals surface area contributed by atoms with Crippen molar-refractivity contribution in [2.75, 3.05) is 0 Å². The molecule has 0 aliphatic rings. The van der Waals surface area contributed by atoms with Gasteiger partial charge in [0.2, 0.25) is 0 Å². The van der Waals surface area contributed by atoms with Gasteiger partial charge >= 0.3 is 12.4 Å². The van der Waals surface area contributed by atoms with E-state index in [1.165, 1.54) is 6.07 Å². The molecular weight excluding hydrogens is 414 g/mol. The van der Waals surface area contributed by atoms with Crippen molar-refractivity contribution in [1.29, 1.82) is 0 Å². The van der Waals surface area contributed by atoms with Crippen LogP contribution >= 0.6 is 43.2 Å². The van der Waals surface area contributed by atoms with Gasteiger partial charge in [-0.3, -0.25) is 0 Å². The lowest BCUT2D eigenvalue weighted by atomic mass is 10.0. The summed E-state index contributed by atoms with van der Waals surface area (Å²) in [5.41, 5.74) is 0. The van der Waals surface area contributed by atoms with E-state index in [9.17, 15) is 26.3 Å². The summed E-state index contributed by atoms with van der Waals surface area (Å²) < 4.78 is 75.4. The second-order valence-electron chi connectivity index (χ2n) is 3.53. The molecule has 0 radical (unpaired) electrons. The number of thiophene rings is 1. The molecule has 1 aromatic rings. The molecule has 0 nitrogen and oxygen atoms in total. The summed E-state index contributed by atoms with van der Waals surface area (Å²) in [4.78, 5) is -1.25. The van der Waals surface area contributed by atoms with Crippen molar-refractivity contribution < 1.29 is 26.3 Å². The topological polar surface area (TPSA) is 0 Å². The SMILES string of the molecule is Cc1cc(Br)c(C(Br)C(C(F)(F)F)C(F)(F)F)s1. The Labute approximate surface area is 120 Å². The van der Waals surface area contributed by atoms with E-state index >= 15 is 0 Å². The minimum Gasteiger partial charge on any atom is -0.170 e. The third kappa shape index (κ3) is 3.63. The van der Waals surface area contributed by atoms with E-state index in [0.717, 1.165) is 11.3 Å². The lowest BCUT2D eigenvalue weighted by molar-refractivity contribution is -0.283. The van der Waals surface area contributed by atoms with Crippen LogP contribution in [0.25, 0.3) is 0 Å². The maximum atomic E-state index is 12.5. The van der Waals surface area contributed by atoms with E-state index in [2.05, 4.69) is 31.9 Å². The van der Waals surface area contributed by atoms with Crippen LogP contribution in [0.3, 0.4) is 0 Å². The molecule has 0 saturated carbocycles. The van der Waals surface area contributed by atoms with Crippen molar-refractivity contribution in [2.24, 2.45) is 5.92 Å². The van der Waals surface area contributed by atoms with Crippen LogP contribution in [-0.2, 0) is 0 Å². The number of aryl methyl sites for hydroxylation is 1. The van der Waals surface area contributed by atoms with Gasteiger partial charge in [0.25, 0.3) is 0 Å². The van der Waals surface area contributed by atoms with Crippen molar-refractivity contribution in [3.8, 4) is 0 Å². The van der Waals surface area contributed by atoms with Crippen molar-refractivity contribution in [2.45, 2.75) is 24.1 Å². The second kappa shape index (κ2) is 5.32. The number of hydrogen-bond acceptors (Lipinski definition) is 1. The van der Waals surface area contributed by atoms with Crippen LogP contribution in [-0.4, -0.2) is 12.4 Å². The van der Waals surface area contributed by atoms with Crippen molar-refractivity contribution in [1.82, 2.24) is 0 Å². The number of halogens is 8. The first-order valence-corrected chi connectivity index (χ1v) is 7.00. The molecular formula is C9H6Br2F6S. The van der Waals surface area contributed by atoms with E-state index in [4.69, 9.17) is 0 Å². The molecule has 18 heavy (non-hydrogen) atoms. The lowest BCUT2D eigenvalue weighted by Gasteiger charge is -2.26. The van der Waals surface area contributed by atoms with Gasteiger partial charge in [0.1, 0.15) is 0 Å². The fourth-order valence-corrected chi connectivity index (χ4v) is 4.70. The molecule has 104 valence electrons. The molecule has 0 amide bonds. The Balaban J connectivity index is 3.19. The van der Waals surface area contributed by atoms with Gasteiger partial charge in [-0.25, -0.2) is 0 Å². The zero-order valence-electron chi connectivity index (χ0n) is 8.66. The molecule has 0 saturated heterocycles. The Morgan fingerprint density at radius 2 is 1.56 bits per heavy atom. The molecule has 0 N–H and O–H groups in total. The zero-order valence-corrected chi connectivity index (χ0v) is 12.7. The average Bonchev–Trinajstić information content (AvgIpc) is 2.39. The van der Waals surface area contributed by atoms with Gasteiger partial charge in [-0.2, -0.15) is 26.3 Å². The minimum absolute atomic E-state index is 0.0212. The van der Waals surface area contributed by atoms with Gasteiger partial charge in [0, 0.05) is 14.2 Å². The zero-order chi connectivity index (χ0) is 14.3. The molecule has 1 unspecified atom stereocenters. The highest BCUT2D eigenvalue weighted by atomic mass is 79.9. The van der Waals surface area contributed by atoms with Crippen molar-refractivity contribution in [3.05, 3.63) is 20.3 Å². The Kier molecular flexibility index (Phi) is 4.81. The molecule has 1 heterocycles. The molecule has 9 heteroatoms. The molecule has 1 rings (SSSR count). The summed E-state index contributed by atoms with van der Waals surface area (Å²) >= 11 is 6.38. The first-order valence-electron chi connectivity index (χ1n) is 4.48. The maximum absolute atomic E-state index is 12.5. The number of rotatable bonds is 2. The van der Waals surface area contributed by atoms with Gasteiger partial charge in [0.05, 0.1) is 4.83 Å². The largest absolute Gasteiger partial charge is 0.401 e. The van der Waals surface area contributed by atoms with Crippen LogP contribution in [0, 0.1) is 12.8 Å². The lowest BCUT2D eigenvalue weighted by Crippen LogP contribution is -2.39. The van der Waals surface area contributed by atoms with Crippen LogP contribution in [0.1, 0.15) is 14.6 Å². The van der Waals surface area contributed by atoms with E-state index in [1.807, 2.05) is 0 Å². The minimum atomic E-state index is -5.36. The molecule has 0 fully saturated rings. The first kappa shape index (κ1) is 16.3. The normalized spacial score (nSPS) is 15.2. The van der Waals surface area contributed by atoms with Gasteiger partial charge in [-0.05, 0) is 28.9 Å². The van der Waals surface area contributed by atoms with Crippen LogP contribution in [0.2, 0.25) is 0 Å².